The molecule has 0 aliphatic heterocycles. The number of methoxy groups -OCH3 is 1. The minimum atomic E-state index is -0.798. The van der Waals surface area contributed by atoms with Gasteiger partial charge in [0.05, 0.1) is 12.1 Å². The summed E-state index contributed by atoms with van der Waals surface area (Å²) in [6.07, 6.45) is -0.500. The van der Waals surface area contributed by atoms with Gasteiger partial charge in [0.25, 0.3) is 0 Å². The lowest BCUT2D eigenvalue weighted by molar-refractivity contribution is 0.104. The van der Waals surface area contributed by atoms with Crippen molar-refractivity contribution in [1.29, 1.82) is 0 Å². The molecule has 1 aromatic rings. The summed E-state index contributed by atoms with van der Waals surface area (Å²) >= 11 is 0. The molecule has 0 saturated carbocycles. The predicted octanol–water partition coefficient (Wildman–Crippen LogP) is 2.25. The van der Waals surface area contributed by atoms with Gasteiger partial charge in [-0.05, 0) is 24.1 Å². The van der Waals surface area contributed by atoms with Gasteiger partial charge in [-0.1, -0.05) is 33.4 Å². The summed E-state index contributed by atoms with van der Waals surface area (Å²) in [7, 11) is 1.51. The van der Waals surface area contributed by atoms with Crippen molar-refractivity contribution in [3.8, 4) is 5.75 Å². The van der Waals surface area contributed by atoms with Crippen LogP contribution in [-0.2, 0) is 11.2 Å². The first-order chi connectivity index (χ1) is 10.8. The average molecular weight is 287 g/mol. The van der Waals surface area contributed by atoms with Crippen molar-refractivity contribution >= 4 is 0 Å². The van der Waals surface area contributed by atoms with Crippen LogP contribution in [0.5, 0.6) is 5.75 Å². The van der Waals surface area contributed by atoms with Crippen molar-refractivity contribution in [2.24, 2.45) is 0 Å². The van der Waals surface area contributed by atoms with Gasteiger partial charge in [0.15, 0.2) is 0 Å². The summed E-state index contributed by atoms with van der Waals surface area (Å²) in [5, 5.41) is 12.9. The Morgan fingerprint density at radius 2 is 1.95 bits per heavy atom. The van der Waals surface area contributed by atoms with Crippen LogP contribution < -0.4 is 10.1 Å². The van der Waals surface area contributed by atoms with Gasteiger partial charge in [0.1, 0.15) is 18.5 Å². The lowest BCUT2D eigenvalue weighted by atomic mass is 10.1. The Hall–Kier alpha value is -1.10. The molecule has 0 aliphatic rings. The first kappa shape index (κ1) is 12.6. The van der Waals surface area contributed by atoms with Gasteiger partial charge in [-0.25, -0.2) is 0 Å². The largest absolute Gasteiger partial charge is 0.491 e. The lowest BCUT2D eigenvalue weighted by Crippen LogP contribution is -2.35. The van der Waals surface area contributed by atoms with E-state index in [0.29, 0.717) is 25.1 Å². The van der Waals surface area contributed by atoms with E-state index >= 15 is 0 Å². The van der Waals surface area contributed by atoms with Crippen molar-refractivity contribution in [2.75, 3.05) is 26.9 Å². The van der Waals surface area contributed by atoms with Crippen LogP contribution in [0.15, 0.2) is 24.2 Å². The van der Waals surface area contributed by atoms with E-state index in [1.54, 1.807) is 0 Å². The van der Waals surface area contributed by atoms with Crippen molar-refractivity contribution in [2.45, 2.75) is 39.8 Å². The molecular formula is C16H29NO3. The normalized spacial score (nSPS) is 14.8. The maximum atomic E-state index is 9.83. The summed E-state index contributed by atoms with van der Waals surface area (Å²) in [6, 6.07) is -0.509. The smallest absolute Gasteiger partial charge is 0.119 e. The topological polar surface area (TPSA) is 50.7 Å². The average Bonchev–Trinajstić information content (AvgIpc) is 2.51. The maximum absolute atomic E-state index is 9.83. The summed E-state index contributed by atoms with van der Waals surface area (Å²) in [5.74, 6) is -0.134. The molecule has 2 N–H and O–H groups in total. The third-order valence-corrected chi connectivity index (χ3v) is 2.39. The van der Waals surface area contributed by atoms with Gasteiger partial charge in [0.2, 0.25) is 0 Å². The third kappa shape index (κ3) is 8.15. The number of ether oxygens (including phenoxy) is 2. The Balaban J connectivity index is 0.00000529. The molecule has 1 rings (SSSR count). The molecule has 4 heteroatoms. The second kappa shape index (κ2) is 10.7. The number of hydrogen-bond donors (Lipinski definition) is 2. The summed E-state index contributed by atoms with van der Waals surface area (Å²) in [6.45, 7) is 4.44. The van der Waals surface area contributed by atoms with Gasteiger partial charge in [0, 0.05) is 19.7 Å². The number of nitrogens with one attached hydrogen (secondary N) is 1. The van der Waals surface area contributed by atoms with Gasteiger partial charge >= 0.3 is 0 Å². The molecular weight excluding hydrogens is 254 g/mol. The van der Waals surface area contributed by atoms with E-state index in [1.165, 1.54) is 7.11 Å². The molecule has 0 saturated heterocycles. The number of aliphatic hydroxyl groups excluding tert-OH is 1. The number of hydrogen-bond acceptors (Lipinski definition) is 4. The van der Waals surface area contributed by atoms with Gasteiger partial charge in [-0.2, -0.15) is 0 Å². The standard InChI is InChI=1S/C15H25NO3.CH4/c1-12(2)16-10-14(17)11-19-15-6-4-13(5-7-15)8-9-18-3;/h4-7,12,14,16-17H,8-11H2,1-3H3;1H4/i4D,5D,6D,7D;. The molecule has 20 heavy (non-hydrogen) atoms. The second-order valence-corrected chi connectivity index (χ2v) is 4.58. The number of benzene rings is 1. The maximum Gasteiger partial charge on any atom is 0.119 e. The van der Waals surface area contributed by atoms with Crippen LogP contribution in [-0.4, -0.2) is 44.1 Å². The van der Waals surface area contributed by atoms with Crippen LogP contribution >= 0.6 is 0 Å². The molecule has 1 atom stereocenters. The van der Waals surface area contributed by atoms with Gasteiger partial charge < -0.3 is 19.9 Å². The summed E-state index contributed by atoms with van der Waals surface area (Å²) < 4.78 is 42.2. The number of rotatable bonds is 9. The van der Waals surface area contributed by atoms with Gasteiger partial charge in [-0.15, -0.1) is 0 Å². The molecule has 0 bridgehead atoms. The molecule has 1 aromatic carbocycles. The quantitative estimate of drug-likeness (QED) is 0.731. The van der Waals surface area contributed by atoms with E-state index in [4.69, 9.17) is 15.0 Å². The number of aliphatic hydroxyl groups is 1. The molecule has 0 amide bonds. The zero-order valence-electron chi connectivity index (χ0n) is 15.7. The highest BCUT2D eigenvalue weighted by molar-refractivity contribution is 5.27. The van der Waals surface area contributed by atoms with Crippen LogP contribution in [0.4, 0.5) is 0 Å². The monoisotopic (exact) mass is 287 g/mol. The van der Waals surface area contributed by atoms with Crippen molar-refractivity contribution in [1.82, 2.24) is 5.32 Å². The first-order valence-electron chi connectivity index (χ1n) is 8.41. The molecule has 0 radical (unpaired) electrons. The van der Waals surface area contributed by atoms with Crippen molar-refractivity contribution in [3.05, 3.63) is 29.7 Å². The Labute approximate surface area is 128 Å². The highest BCUT2D eigenvalue weighted by Gasteiger charge is 2.05. The molecule has 0 aliphatic carbocycles. The van der Waals surface area contributed by atoms with Crippen LogP contribution in [0, 0.1) is 0 Å². The molecule has 1 unspecified atom stereocenters. The van der Waals surface area contributed by atoms with E-state index in [0.717, 1.165) is 0 Å². The van der Waals surface area contributed by atoms with Crippen molar-refractivity contribution in [3.63, 3.8) is 0 Å². The fraction of sp³-hybridized carbons (Fsp3) is 0.625. The Morgan fingerprint density at radius 1 is 1.30 bits per heavy atom. The van der Waals surface area contributed by atoms with Crippen molar-refractivity contribution < 1.29 is 20.1 Å². The summed E-state index contributed by atoms with van der Waals surface area (Å²) in [5.41, 5.74) is 0.302. The minimum Gasteiger partial charge on any atom is -0.491 e. The molecule has 116 valence electrons. The first-order valence-corrected chi connectivity index (χ1v) is 6.41. The van der Waals surface area contributed by atoms with E-state index in [1.807, 2.05) is 13.8 Å². The highest BCUT2D eigenvalue weighted by Crippen LogP contribution is 2.12. The minimum absolute atomic E-state index is 0. The predicted molar refractivity (Wildman–Crippen MR) is 83.4 cm³/mol. The van der Waals surface area contributed by atoms with Crippen LogP contribution in [0.25, 0.3) is 0 Å². The van der Waals surface area contributed by atoms with E-state index < -0.39 is 6.10 Å². The second-order valence-electron chi connectivity index (χ2n) is 4.58. The zero-order valence-corrected chi connectivity index (χ0v) is 11.7. The molecule has 0 heterocycles. The van der Waals surface area contributed by atoms with E-state index in [9.17, 15) is 5.11 Å². The fourth-order valence-electron chi connectivity index (χ4n) is 1.34. The summed E-state index contributed by atoms with van der Waals surface area (Å²) in [4.78, 5) is 0. The van der Waals surface area contributed by atoms with E-state index in [-0.39, 0.29) is 50.0 Å². The lowest BCUT2D eigenvalue weighted by Gasteiger charge is -2.15. The van der Waals surface area contributed by atoms with Crippen LogP contribution in [0.1, 0.15) is 32.3 Å². The third-order valence-electron chi connectivity index (χ3n) is 2.39. The van der Waals surface area contributed by atoms with Crippen LogP contribution in [0.2, 0.25) is 0 Å². The fourth-order valence-corrected chi connectivity index (χ4v) is 1.34. The Bertz CT molecular complexity index is 498. The Kier molecular flexibility index (Phi) is 6.73. The van der Waals surface area contributed by atoms with Gasteiger partial charge in [-0.3, -0.25) is 0 Å². The molecule has 0 fully saturated rings. The molecule has 4 nitrogen and oxygen atoms in total. The van der Waals surface area contributed by atoms with Crippen LogP contribution in [0.3, 0.4) is 0 Å². The van der Waals surface area contributed by atoms with E-state index in [2.05, 4.69) is 5.32 Å². The molecule has 0 spiro atoms. The highest BCUT2D eigenvalue weighted by atomic mass is 16.5. The zero-order chi connectivity index (χ0) is 17.6. The molecule has 0 aromatic heterocycles. The Morgan fingerprint density at radius 3 is 2.50 bits per heavy atom. The SMILES string of the molecule is C.[2H]c1c([2H])c(OCC(O)CNC(C)C)c([2H])c([2H])c1CCOC.